The first kappa shape index (κ1) is 12.7. The van der Waals surface area contributed by atoms with Crippen LogP contribution in [-0.4, -0.2) is 24.5 Å². The van der Waals surface area contributed by atoms with Gasteiger partial charge in [0.1, 0.15) is 5.75 Å². The smallest absolute Gasteiger partial charge is 0.237 e. The Morgan fingerprint density at radius 2 is 2.25 bits per heavy atom. The van der Waals surface area contributed by atoms with Crippen molar-refractivity contribution in [3.05, 3.63) is 18.2 Å². The third-order valence-corrected chi connectivity index (χ3v) is 3.13. The second-order valence-corrected chi connectivity index (χ2v) is 4.51. The van der Waals surface area contributed by atoms with Gasteiger partial charge in [-0.05, 0) is 31.4 Å². The lowest BCUT2D eigenvalue weighted by molar-refractivity contribution is -0.115. The Bertz CT molecular complexity index is 382. The highest BCUT2D eigenvalue weighted by molar-refractivity contribution is 7.99. The van der Waals surface area contributed by atoms with E-state index in [-0.39, 0.29) is 11.2 Å². The Balaban J connectivity index is 2.87. The topological polar surface area (TPSA) is 64.3 Å². The Hall–Kier alpha value is -1.36. The third-order valence-electron chi connectivity index (χ3n) is 2.20. The molecule has 0 aliphatic rings. The van der Waals surface area contributed by atoms with E-state index in [1.165, 1.54) is 11.8 Å². The van der Waals surface area contributed by atoms with Crippen LogP contribution in [-0.2, 0) is 4.79 Å². The molecule has 1 rings (SSSR count). The molecule has 0 saturated carbocycles. The van der Waals surface area contributed by atoms with E-state index in [2.05, 4.69) is 5.32 Å². The number of benzene rings is 1. The van der Waals surface area contributed by atoms with Crippen molar-refractivity contribution >= 4 is 29.0 Å². The number of thioether (sulfide) groups is 1. The van der Waals surface area contributed by atoms with Gasteiger partial charge in [0.05, 0.1) is 18.0 Å². The maximum atomic E-state index is 11.7. The lowest BCUT2D eigenvalue weighted by Gasteiger charge is -2.13. The summed E-state index contributed by atoms with van der Waals surface area (Å²) < 4.78 is 5.14. The molecule has 0 heterocycles. The monoisotopic (exact) mass is 240 g/mol. The van der Waals surface area contributed by atoms with Crippen molar-refractivity contribution < 1.29 is 9.53 Å². The Labute approximate surface area is 99.5 Å². The number of nitrogens with two attached hydrogens (primary N) is 1. The van der Waals surface area contributed by atoms with E-state index in [4.69, 9.17) is 10.5 Å². The minimum atomic E-state index is -0.105. The van der Waals surface area contributed by atoms with E-state index in [9.17, 15) is 4.79 Å². The van der Waals surface area contributed by atoms with Gasteiger partial charge in [0, 0.05) is 5.69 Å². The van der Waals surface area contributed by atoms with Crippen LogP contribution < -0.4 is 15.8 Å². The molecule has 3 N–H and O–H groups in total. The molecule has 0 bridgehead atoms. The van der Waals surface area contributed by atoms with Crippen molar-refractivity contribution in [3.63, 3.8) is 0 Å². The van der Waals surface area contributed by atoms with Crippen molar-refractivity contribution in [2.24, 2.45) is 0 Å². The summed E-state index contributed by atoms with van der Waals surface area (Å²) in [5.41, 5.74) is 6.85. The number of carbonyl (C=O) groups excluding carboxylic acids is 1. The van der Waals surface area contributed by atoms with E-state index in [0.29, 0.717) is 17.1 Å². The summed E-state index contributed by atoms with van der Waals surface area (Å²) >= 11 is 1.49. The first-order valence-electron chi connectivity index (χ1n) is 4.85. The van der Waals surface area contributed by atoms with Gasteiger partial charge in [-0.1, -0.05) is 0 Å². The summed E-state index contributed by atoms with van der Waals surface area (Å²) in [6, 6.07) is 5.14. The summed E-state index contributed by atoms with van der Waals surface area (Å²) in [7, 11) is 1.55. The zero-order valence-electron chi connectivity index (χ0n) is 9.61. The average molecular weight is 240 g/mol. The molecule has 1 unspecified atom stereocenters. The summed E-state index contributed by atoms with van der Waals surface area (Å²) in [5, 5.41) is 2.68. The van der Waals surface area contributed by atoms with Crippen LogP contribution in [0.15, 0.2) is 18.2 Å². The molecule has 0 saturated heterocycles. The molecule has 0 spiro atoms. The van der Waals surface area contributed by atoms with Gasteiger partial charge in [0.25, 0.3) is 0 Å². The highest BCUT2D eigenvalue weighted by Crippen LogP contribution is 2.27. The minimum absolute atomic E-state index is 0.0589. The molecule has 88 valence electrons. The number of amides is 1. The normalized spacial score (nSPS) is 11.9. The number of carbonyl (C=O) groups is 1. The van der Waals surface area contributed by atoms with E-state index in [1.54, 1.807) is 25.3 Å². The van der Waals surface area contributed by atoms with Crippen LogP contribution >= 0.6 is 11.8 Å². The van der Waals surface area contributed by atoms with Crippen molar-refractivity contribution in [1.82, 2.24) is 0 Å². The van der Waals surface area contributed by atoms with Crippen molar-refractivity contribution in [2.75, 3.05) is 24.4 Å². The molecule has 4 nitrogen and oxygen atoms in total. The number of nitrogens with one attached hydrogen (secondary N) is 1. The van der Waals surface area contributed by atoms with E-state index in [1.807, 2.05) is 13.2 Å². The Morgan fingerprint density at radius 1 is 1.56 bits per heavy atom. The van der Waals surface area contributed by atoms with Gasteiger partial charge in [-0.15, -0.1) is 0 Å². The quantitative estimate of drug-likeness (QED) is 0.790. The van der Waals surface area contributed by atoms with Crippen LogP contribution in [0.2, 0.25) is 0 Å². The Morgan fingerprint density at radius 3 is 2.81 bits per heavy atom. The molecule has 1 amide bonds. The summed E-state index contributed by atoms with van der Waals surface area (Å²) in [5.74, 6) is 0.548. The molecule has 0 aromatic heterocycles. The van der Waals surface area contributed by atoms with Gasteiger partial charge in [-0.25, -0.2) is 0 Å². The number of anilines is 2. The molecule has 0 aliphatic heterocycles. The highest BCUT2D eigenvalue weighted by Gasteiger charge is 2.13. The zero-order chi connectivity index (χ0) is 12.1. The van der Waals surface area contributed by atoms with E-state index >= 15 is 0 Å². The van der Waals surface area contributed by atoms with Gasteiger partial charge < -0.3 is 15.8 Å². The van der Waals surface area contributed by atoms with Gasteiger partial charge in [0.2, 0.25) is 5.91 Å². The minimum Gasteiger partial charge on any atom is -0.495 e. The molecule has 5 heteroatoms. The van der Waals surface area contributed by atoms with Crippen LogP contribution in [0, 0.1) is 0 Å². The Kier molecular flexibility index (Phi) is 4.49. The van der Waals surface area contributed by atoms with Crippen LogP contribution in [0.3, 0.4) is 0 Å². The van der Waals surface area contributed by atoms with Crippen molar-refractivity contribution in [1.29, 1.82) is 0 Å². The molecule has 16 heavy (non-hydrogen) atoms. The van der Waals surface area contributed by atoms with Gasteiger partial charge in [0.15, 0.2) is 0 Å². The number of nitrogen functional groups attached to an aromatic ring is 1. The van der Waals surface area contributed by atoms with Crippen LogP contribution in [0.25, 0.3) is 0 Å². The highest BCUT2D eigenvalue weighted by atomic mass is 32.2. The largest absolute Gasteiger partial charge is 0.495 e. The molecule has 1 atom stereocenters. The predicted molar refractivity (Wildman–Crippen MR) is 69.0 cm³/mol. The molecular weight excluding hydrogens is 224 g/mol. The lowest BCUT2D eigenvalue weighted by Crippen LogP contribution is -2.22. The summed E-state index contributed by atoms with van der Waals surface area (Å²) in [4.78, 5) is 11.7. The fourth-order valence-corrected chi connectivity index (χ4v) is 1.44. The van der Waals surface area contributed by atoms with E-state index in [0.717, 1.165) is 0 Å². The predicted octanol–water partition coefficient (Wildman–Crippen LogP) is 1.97. The van der Waals surface area contributed by atoms with Crippen LogP contribution in [0.4, 0.5) is 11.4 Å². The molecule has 0 radical (unpaired) electrons. The lowest BCUT2D eigenvalue weighted by atomic mass is 10.2. The SMILES string of the molecule is COc1ccc(N)cc1NC(=O)C(C)SC. The average Bonchev–Trinajstić information content (AvgIpc) is 2.28. The second kappa shape index (κ2) is 5.65. The fourth-order valence-electron chi connectivity index (χ4n) is 1.16. The van der Waals surface area contributed by atoms with Gasteiger partial charge in [-0.3, -0.25) is 4.79 Å². The van der Waals surface area contributed by atoms with Crippen LogP contribution in [0.1, 0.15) is 6.92 Å². The third kappa shape index (κ3) is 3.06. The van der Waals surface area contributed by atoms with Gasteiger partial charge >= 0.3 is 0 Å². The number of rotatable bonds is 4. The first-order chi connectivity index (χ1) is 7.58. The number of methoxy groups -OCH3 is 1. The number of hydrogen-bond donors (Lipinski definition) is 2. The first-order valence-corrected chi connectivity index (χ1v) is 6.14. The number of ether oxygens (including phenoxy) is 1. The zero-order valence-corrected chi connectivity index (χ0v) is 10.4. The molecule has 1 aromatic carbocycles. The van der Waals surface area contributed by atoms with Crippen LogP contribution in [0.5, 0.6) is 5.75 Å². The summed E-state index contributed by atoms with van der Waals surface area (Å²) in [6.07, 6.45) is 1.89. The molecule has 0 aliphatic carbocycles. The number of hydrogen-bond acceptors (Lipinski definition) is 4. The van der Waals surface area contributed by atoms with Gasteiger partial charge in [-0.2, -0.15) is 11.8 Å². The second-order valence-electron chi connectivity index (χ2n) is 3.33. The maximum Gasteiger partial charge on any atom is 0.237 e. The molecule has 0 fully saturated rings. The molecular formula is C11H16N2O2S. The standard InChI is InChI=1S/C11H16N2O2S/c1-7(16-3)11(14)13-9-6-8(12)4-5-10(9)15-2/h4-7H,12H2,1-3H3,(H,13,14). The summed E-state index contributed by atoms with van der Waals surface area (Å²) in [6.45, 7) is 1.85. The van der Waals surface area contributed by atoms with Crippen molar-refractivity contribution in [3.8, 4) is 5.75 Å². The van der Waals surface area contributed by atoms with Crippen molar-refractivity contribution in [2.45, 2.75) is 12.2 Å². The molecule has 1 aromatic rings. The van der Waals surface area contributed by atoms with E-state index < -0.39 is 0 Å². The maximum absolute atomic E-state index is 11.7. The fraction of sp³-hybridized carbons (Fsp3) is 0.364.